The van der Waals surface area contributed by atoms with Gasteiger partial charge in [0.25, 0.3) is 0 Å². The molecular weight excluding hydrogens is 252 g/mol. The van der Waals surface area contributed by atoms with Gasteiger partial charge in [-0.05, 0) is 50.6 Å². The van der Waals surface area contributed by atoms with Crippen molar-refractivity contribution in [2.24, 2.45) is 5.92 Å². The second-order valence-electron chi connectivity index (χ2n) is 5.74. The summed E-state index contributed by atoms with van der Waals surface area (Å²) >= 11 is 0. The summed E-state index contributed by atoms with van der Waals surface area (Å²) in [5, 5.41) is 3.52. The largest absolute Gasteiger partial charge is 0.495 e. The molecule has 0 aromatic heterocycles. The van der Waals surface area contributed by atoms with Gasteiger partial charge >= 0.3 is 0 Å². The number of anilines is 1. The van der Waals surface area contributed by atoms with Crippen LogP contribution in [0.1, 0.15) is 18.4 Å². The number of hydrogen-bond donors (Lipinski definition) is 1. The fourth-order valence-corrected chi connectivity index (χ4v) is 2.58. The maximum absolute atomic E-state index is 5.53. The lowest BCUT2D eigenvalue weighted by molar-refractivity contribution is 0.0595. The normalized spacial score (nSPS) is 19.1. The van der Waals surface area contributed by atoms with Crippen molar-refractivity contribution in [2.45, 2.75) is 19.4 Å². The van der Waals surface area contributed by atoms with Gasteiger partial charge in [-0.25, -0.2) is 0 Å². The van der Waals surface area contributed by atoms with Crippen LogP contribution in [0.25, 0.3) is 0 Å². The zero-order valence-electron chi connectivity index (χ0n) is 12.8. The summed E-state index contributed by atoms with van der Waals surface area (Å²) in [6, 6.07) is 6.34. The summed E-state index contributed by atoms with van der Waals surface area (Å²) in [4.78, 5) is 2.17. The quantitative estimate of drug-likeness (QED) is 0.867. The lowest BCUT2D eigenvalue weighted by atomic mass is 10.0. The molecule has 1 aliphatic heterocycles. The minimum Gasteiger partial charge on any atom is -0.495 e. The van der Waals surface area contributed by atoms with Crippen LogP contribution in [-0.2, 0) is 11.3 Å². The molecule has 4 nitrogen and oxygen atoms in total. The monoisotopic (exact) mass is 278 g/mol. The molecule has 1 fully saturated rings. The maximum Gasteiger partial charge on any atom is 0.141 e. The van der Waals surface area contributed by atoms with Gasteiger partial charge in [0.15, 0.2) is 0 Å². The van der Waals surface area contributed by atoms with E-state index in [1.165, 1.54) is 18.4 Å². The Balaban J connectivity index is 1.99. The fraction of sp³-hybridized carbons (Fsp3) is 0.625. The van der Waals surface area contributed by atoms with Crippen LogP contribution in [0.3, 0.4) is 0 Å². The molecule has 1 N–H and O–H groups in total. The Bertz CT molecular complexity index is 415. The fourth-order valence-electron chi connectivity index (χ4n) is 2.58. The van der Waals surface area contributed by atoms with E-state index < -0.39 is 0 Å². The van der Waals surface area contributed by atoms with Crippen molar-refractivity contribution in [2.75, 3.05) is 46.3 Å². The van der Waals surface area contributed by atoms with Crippen LogP contribution in [0, 0.1) is 5.92 Å². The Hall–Kier alpha value is -1.26. The van der Waals surface area contributed by atoms with Crippen molar-refractivity contribution in [3.05, 3.63) is 23.8 Å². The average Bonchev–Trinajstić information content (AvgIpc) is 2.46. The standard InChI is InChI=1S/C16H26N2O2/c1-18(2)11-13-6-7-16(19-3)15(9-13)17-10-14-5-4-8-20-12-14/h6-7,9,14,17H,4-5,8,10-12H2,1-3H3. The highest BCUT2D eigenvalue weighted by Gasteiger charge is 2.14. The van der Waals surface area contributed by atoms with Crippen LogP contribution < -0.4 is 10.1 Å². The Kier molecular flexibility index (Phi) is 5.68. The molecule has 1 atom stereocenters. The van der Waals surface area contributed by atoms with E-state index in [2.05, 4.69) is 36.4 Å². The van der Waals surface area contributed by atoms with Crippen molar-refractivity contribution < 1.29 is 9.47 Å². The third kappa shape index (κ3) is 4.39. The summed E-state index contributed by atoms with van der Waals surface area (Å²) in [6.07, 6.45) is 2.41. The van der Waals surface area contributed by atoms with Gasteiger partial charge in [0.1, 0.15) is 5.75 Å². The first-order chi connectivity index (χ1) is 9.69. The average molecular weight is 278 g/mol. The highest BCUT2D eigenvalue weighted by molar-refractivity contribution is 5.58. The predicted molar refractivity (Wildman–Crippen MR) is 82.4 cm³/mol. The molecule has 0 aliphatic carbocycles. The Morgan fingerprint density at radius 1 is 1.40 bits per heavy atom. The number of benzene rings is 1. The topological polar surface area (TPSA) is 33.7 Å². The zero-order valence-corrected chi connectivity index (χ0v) is 12.8. The van der Waals surface area contributed by atoms with Crippen LogP contribution in [0.15, 0.2) is 18.2 Å². The van der Waals surface area contributed by atoms with Crippen LogP contribution >= 0.6 is 0 Å². The highest BCUT2D eigenvalue weighted by Crippen LogP contribution is 2.27. The lowest BCUT2D eigenvalue weighted by Crippen LogP contribution is -2.24. The number of methoxy groups -OCH3 is 1. The van der Waals surface area contributed by atoms with E-state index in [0.717, 1.165) is 37.7 Å². The zero-order chi connectivity index (χ0) is 14.4. The van der Waals surface area contributed by atoms with Gasteiger partial charge in [-0.2, -0.15) is 0 Å². The lowest BCUT2D eigenvalue weighted by Gasteiger charge is -2.23. The molecule has 0 saturated carbocycles. The smallest absolute Gasteiger partial charge is 0.141 e. The molecule has 1 unspecified atom stereocenters. The molecule has 20 heavy (non-hydrogen) atoms. The molecule has 2 rings (SSSR count). The Labute approximate surface area is 122 Å². The number of nitrogens with one attached hydrogen (secondary N) is 1. The predicted octanol–water partition coefficient (Wildman–Crippen LogP) is 2.60. The van der Waals surface area contributed by atoms with Crippen molar-refractivity contribution >= 4 is 5.69 Å². The van der Waals surface area contributed by atoms with Crippen LogP contribution in [0.5, 0.6) is 5.75 Å². The molecule has 0 radical (unpaired) electrons. The maximum atomic E-state index is 5.53. The van der Waals surface area contributed by atoms with Gasteiger partial charge in [-0.1, -0.05) is 6.07 Å². The van der Waals surface area contributed by atoms with Crippen LogP contribution in [0.4, 0.5) is 5.69 Å². The van der Waals surface area contributed by atoms with Gasteiger partial charge < -0.3 is 19.7 Å². The first kappa shape index (κ1) is 15.1. The molecule has 0 spiro atoms. The van der Waals surface area contributed by atoms with E-state index in [4.69, 9.17) is 9.47 Å². The minimum atomic E-state index is 0.603. The molecular formula is C16H26N2O2. The molecule has 112 valence electrons. The third-order valence-electron chi connectivity index (χ3n) is 3.60. The van der Waals surface area contributed by atoms with E-state index in [0.29, 0.717) is 5.92 Å². The van der Waals surface area contributed by atoms with E-state index in [9.17, 15) is 0 Å². The van der Waals surface area contributed by atoms with Crippen molar-refractivity contribution in [3.63, 3.8) is 0 Å². The van der Waals surface area contributed by atoms with Gasteiger partial charge in [0.2, 0.25) is 0 Å². The summed E-state index contributed by atoms with van der Waals surface area (Å²) < 4.78 is 11.0. The van der Waals surface area contributed by atoms with E-state index in [-0.39, 0.29) is 0 Å². The highest BCUT2D eigenvalue weighted by atomic mass is 16.5. The number of hydrogen-bond acceptors (Lipinski definition) is 4. The first-order valence-electron chi connectivity index (χ1n) is 7.32. The second kappa shape index (κ2) is 7.50. The SMILES string of the molecule is COc1ccc(CN(C)C)cc1NCC1CCCOC1. The Morgan fingerprint density at radius 3 is 2.90 bits per heavy atom. The van der Waals surface area contributed by atoms with E-state index >= 15 is 0 Å². The molecule has 1 aromatic carbocycles. The number of nitrogens with zero attached hydrogens (tertiary/aromatic N) is 1. The van der Waals surface area contributed by atoms with Crippen molar-refractivity contribution in [1.82, 2.24) is 4.90 Å². The van der Waals surface area contributed by atoms with Crippen molar-refractivity contribution in [1.29, 1.82) is 0 Å². The molecule has 4 heteroatoms. The molecule has 1 saturated heterocycles. The molecule has 1 heterocycles. The van der Waals surface area contributed by atoms with E-state index in [1.807, 2.05) is 6.07 Å². The summed E-state index contributed by atoms with van der Waals surface area (Å²) in [5.41, 5.74) is 2.37. The first-order valence-corrected chi connectivity index (χ1v) is 7.32. The number of rotatable bonds is 6. The molecule has 0 amide bonds. The summed E-state index contributed by atoms with van der Waals surface area (Å²) in [6.45, 7) is 3.66. The summed E-state index contributed by atoms with van der Waals surface area (Å²) in [5.74, 6) is 1.51. The molecule has 1 aliphatic rings. The summed E-state index contributed by atoms with van der Waals surface area (Å²) in [7, 11) is 5.88. The van der Waals surface area contributed by atoms with Crippen LogP contribution in [0.2, 0.25) is 0 Å². The molecule has 1 aromatic rings. The van der Waals surface area contributed by atoms with Gasteiger partial charge in [0.05, 0.1) is 19.4 Å². The minimum absolute atomic E-state index is 0.603. The Morgan fingerprint density at radius 2 is 2.25 bits per heavy atom. The molecule has 0 bridgehead atoms. The van der Waals surface area contributed by atoms with E-state index in [1.54, 1.807) is 7.11 Å². The van der Waals surface area contributed by atoms with Gasteiger partial charge in [0, 0.05) is 19.7 Å². The van der Waals surface area contributed by atoms with Crippen molar-refractivity contribution in [3.8, 4) is 5.75 Å². The third-order valence-corrected chi connectivity index (χ3v) is 3.60. The second-order valence-corrected chi connectivity index (χ2v) is 5.74. The van der Waals surface area contributed by atoms with Crippen LogP contribution in [-0.4, -0.2) is 45.9 Å². The number of ether oxygens (including phenoxy) is 2. The van der Waals surface area contributed by atoms with Gasteiger partial charge in [-0.15, -0.1) is 0 Å². The van der Waals surface area contributed by atoms with Gasteiger partial charge in [-0.3, -0.25) is 0 Å².